The highest BCUT2D eigenvalue weighted by molar-refractivity contribution is 5.98. The van der Waals surface area contributed by atoms with Crippen LogP contribution in [0.15, 0.2) is 54.6 Å². The zero-order chi connectivity index (χ0) is 21.3. The van der Waals surface area contributed by atoms with Crippen molar-refractivity contribution in [3.63, 3.8) is 0 Å². The molecule has 3 atom stereocenters. The summed E-state index contributed by atoms with van der Waals surface area (Å²) in [6.45, 7) is 2.75. The minimum absolute atomic E-state index is 0.105. The van der Waals surface area contributed by atoms with Crippen molar-refractivity contribution >= 4 is 23.4 Å². The van der Waals surface area contributed by atoms with E-state index in [0.29, 0.717) is 18.8 Å². The first kappa shape index (κ1) is 20.0. The van der Waals surface area contributed by atoms with Crippen molar-refractivity contribution in [1.82, 2.24) is 15.1 Å². The van der Waals surface area contributed by atoms with E-state index in [4.69, 9.17) is 0 Å². The number of piperazine rings is 2. The first-order valence-electron chi connectivity index (χ1n) is 9.90. The number of fused-ring (bicyclic) bond motifs is 1. The molecule has 1 unspecified atom stereocenters. The quantitative estimate of drug-likeness (QED) is 0.801. The maximum absolute atomic E-state index is 13.2. The van der Waals surface area contributed by atoms with Gasteiger partial charge in [-0.15, -0.1) is 0 Å². The number of amides is 3. The highest BCUT2D eigenvalue weighted by Gasteiger charge is 2.44. The summed E-state index contributed by atoms with van der Waals surface area (Å²) < 4.78 is 13.2. The number of carbonyl (C=O) groups is 3. The maximum Gasteiger partial charge on any atom is 0.246 e. The van der Waals surface area contributed by atoms with Gasteiger partial charge in [0, 0.05) is 25.3 Å². The van der Waals surface area contributed by atoms with Gasteiger partial charge >= 0.3 is 0 Å². The molecule has 2 aromatic carbocycles. The number of rotatable bonds is 4. The molecular weight excluding hydrogens is 387 g/mol. The normalized spacial score (nSPS) is 22.8. The third-order valence-electron chi connectivity index (χ3n) is 5.57. The lowest BCUT2D eigenvalue weighted by Crippen LogP contribution is -2.69. The van der Waals surface area contributed by atoms with Gasteiger partial charge in [-0.3, -0.25) is 19.3 Å². The van der Waals surface area contributed by atoms with Crippen LogP contribution in [-0.2, 0) is 14.4 Å². The van der Waals surface area contributed by atoms with Crippen LogP contribution < -0.4 is 10.6 Å². The molecule has 2 heterocycles. The van der Waals surface area contributed by atoms with E-state index in [1.54, 1.807) is 11.8 Å². The van der Waals surface area contributed by atoms with E-state index >= 15 is 0 Å². The van der Waals surface area contributed by atoms with Crippen molar-refractivity contribution in [1.29, 1.82) is 0 Å². The predicted octanol–water partition coefficient (Wildman–Crippen LogP) is 1.54. The molecular formula is C22H23FN4O3. The fourth-order valence-corrected chi connectivity index (χ4v) is 4.05. The molecule has 2 aliphatic rings. The number of hydrogen-bond acceptors (Lipinski definition) is 4. The Labute approximate surface area is 173 Å². The van der Waals surface area contributed by atoms with Crippen molar-refractivity contribution in [2.75, 3.05) is 25.0 Å². The Bertz CT molecular complexity index is 951. The van der Waals surface area contributed by atoms with Crippen LogP contribution >= 0.6 is 0 Å². The number of hydrogen-bond donors (Lipinski definition) is 2. The molecule has 2 aromatic rings. The Hall–Kier alpha value is -3.26. The molecule has 4 rings (SSSR count). The Kier molecular flexibility index (Phi) is 5.50. The lowest BCUT2D eigenvalue weighted by atomic mass is 9.99. The van der Waals surface area contributed by atoms with Gasteiger partial charge in [-0.1, -0.05) is 30.3 Å². The zero-order valence-corrected chi connectivity index (χ0v) is 16.5. The van der Waals surface area contributed by atoms with Gasteiger partial charge in [0.25, 0.3) is 0 Å². The average Bonchev–Trinajstić information content (AvgIpc) is 2.75. The van der Waals surface area contributed by atoms with Crippen LogP contribution in [0.25, 0.3) is 0 Å². The second-order valence-corrected chi connectivity index (χ2v) is 7.58. The Balaban J connectivity index is 1.59. The number of nitrogens with zero attached hydrogens (tertiary/aromatic N) is 2. The van der Waals surface area contributed by atoms with E-state index in [0.717, 1.165) is 5.56 Å². The van der Waals surface area contributed by atoms with Crippen molar-refractivity contribution in [3.8, 4) is 0 Å². The van der Waals surface area contributed by atoms with Crippen molar-refractivity contribution in [2.45, 2.75) is 25.0 Å². The molecule has 0 aromatic heterocycles. The van der Waals surface area contributed by atoms with E-state index in [-0.39, 0.29) is 30.1 Å². The largest absolute Gasteiger partial charge is 0.343 e. The molecule has 156 valence electrons. The first-order valence-corrected chi connectivity index (χ1v) is 9.90. The topological polar surface area (TPSA) is 81.8 Å². The summed E-state index contributed by atoms with van der Waals surface area (Å²) >= 11 is 0. The van der Waals surface area contributed by atoms with Crippen molar-refractivity contribution in [2.24, 2.45) is 0 Å². The number of benzene rings is 2. The van der Waals surface area contributed by atoms with Crippen LogP contribution in [0.3, 0.4) is 0 Å². The van der Waals surface area contributed by atoms with Gasteiger partial charge in [-0.25, -0.2) is 4.39 Å². The molecule has 0 radical (unpaired) electrons. The SMILES string of the molecule is C[C@@H]1NC(=O)[C@H]2CN(C(C(=O)Nc3ccc(F)cc3)c3ccccc3)CCN2C1=O. The third kappa shape index (κ3) is 3.91. The molecule has 2 saturated heterocycles. The van der Waals surface area contributed by atoms with Gasteiger partial charge in [0.1, 0.15) is 23.9 Å². The molecule has 30 heavy (non-hydrogen) atoms. The van der Waals surface area contributed by atoms with Gasteiger partial charge in [-0.2, -0.15) is 0 Å². The summed E-state index contributed by atoms with van der Waals surface area (Å²) in [5.41, 5.74) is 1.27. The molecule has 0 saturated carbocycles. The van der Waals surface area contributed by atoms with Crippen LogP contribution in [0, 0.1) is 5.82 Å². The fourth-order valence-electron chi connectivity index (χ4n) is 4.05. The zero-order valence-electron chi connectivity index (χ0n) is 16.5. The molecule has 0 aliphatic carbocycles. The Morgan fingerprint density at radius 3 is 2.50 bits per heavy atom. The van der Waals surface area contributed by atoms with E-state index in [9.17, 15) is 18.8 Å². The number of carbonyl (C=O) groups excluding carboxylic acids is 3. The smallest absolute Gasteiger partial charge is 0.246 e. The standard InChI is InChI=1S/C22H23FN4O3/c1-14-22(30)27-12-11-26(13-18(27)20(28)24-14)19(15-5-3-2-4-6-15)21(29)25-17-9-7-16(23)8-10-17/h2-10,14,18-19H,11-13H2,1H3,(H,24,28)(H,25,29)/t14-,18+,19?/m0/s1. The lowest BCUT2D eigenvalue weighted by Gasteiger charge is -2.46. The molecule has 2 aliphatic heterocycles. The predicted molar refractivity (Wildman–Crippen MR) is 109 cm³/mol. The Morgan fingerprint density at radius 2 is 1.80 bits per heavy atom. The molecule has 2 N–H and O–H groups in total. The summed E-state index contributed by atoms with van der Waals surface area (Å²) in [6.07, 6.45) is 0. The maximum atomic E-state index is 13.2. The van der Waals surface area contributed by atoms with E-state index in [1.807, 2.05) is 35.2 Å². The second-order valence-electron chi connectivity index (χ2n) is 7.58. The van der Waals surface area contributed by atoms with Crippen molar-refractivity contribution < 1.29 is 18.8 Å². The minimum Gasteiger partial charge on any atom is -0.343 e. The van der Waals surface area contributed by atoms with Gasteiger partial charge in [0.2, 0.25) is 17.7 Å². The number of anilines is 1. The summed E-state index contributed by atoms with van der Waals surface area (Å²) in [4.78, 5) is 41.7. The molecule has 8 heteroatoms. The summed E-state index contributed by atoms with van der Waals surface area (Å²) in [5, 5.41) is 5.54. The summed E-state index contributed by atoms with van der Waals surface area (Å²) in [5.74, 6) is -0.980. The molecule has 0 bridgehead atoms. The van der Waals surface area contributed by atoms with Gasteiger partial charge < -0.3 is 15.5 Å². The number of halogens is 1. The minimum atomic E-state index is -0.652. The molecule has 3 amide bonds. The first-order chi connectivity index (χ1) is 14.4. The molecule has 0 spiro atoms. The van der Waals surface area contributed by atoms with Gasteiger partial charge in [-0.05, 0) is 36.8 Å². The van der Waals surface area contributed by atoms with Crippen LogP contribution in [0.2, 0.25) is 0 Å². The summed E-state index contributed by atoms with van der Waals surface area (Å²) in [6, 6.07) is 13.0. The number of nitrogens with one attached hydrogen (secondary N) is 2. The van der Waals surface area contributed by atoms with Crippen molar-refractivity contribution in [3.05, 3.63) is 66.0 Å². The third-order valence-corrected chi connectivity index (χ3v) is 5.57. The van der Waals surface area contributed by atoms with Crippen LogP contribution in [0.4, 0.5) is 10.1 Å². The monoisotopic (exact) mass is 410 g/mol. The highest BCUT2D eigenvalue weighted by Crippen LogP contribution is 2.27. The van der Waals surface area contributed by atoms with E-state index in [1.165, 1.54) is 24.3 Å². The van der Waals surface area contributed by atoms with Crippen LogP contribution in [-0.4, -0.2) is 59.2 Å². The van der Waals surface area contributed by atoms with Gasteiger partial charge in [0.15, 0.2) is 0 Å². The van der Waals surface area contributed by atoms with Crippen LogP contribution in [0.1, 0.15) is 18.5 Å². The highest BCUT2D eigenvalue weighted by atomic mass is 19.1. The fraction of sp³-hybridized carbons (Fsp3) is 0.318. The summed E-state index contributed by atoms with van der Waals surface area (Å²) in [7, 11) is 0. The van der Waals surface area contributed by atoms with E-state index < -0.39 is 18.1 Å². The second kappa shape index (κ2) is 8.23. The molecule has 7 nitrogen and oxygen atoms in total. The molecule has 2 fully saturated rings. The van der Waals surface area contributed by atoms with Gasteiger partial charge in [0.05, 0.1) is 0 Å². The lowest BCUT2D eigenvalue weighted by molar-refractivity contribution is -0.153. The van der Waals surface area contributed by atoms with Crippen LogP contribution in [0.5, 0.6) is 0 Å². The van der Waals surface area contributed by atoms with E-state index in [2.05, 4.69) is 10.6 Å². The Morgan fingerprint density at radius 1 is 1.10 bits per heavy atom. The average molecular weight is 410 g/mol.